The fraction of sp³-hybridized carbons (Fsp3) is 0.562. The number of carbonyl (C=O) groups is 1. The number of hydrogen-bond donors (Lipinski definition) is 1. The molecule has 0 aromatic heterocycles. The molecule has 1 aromatic rings. The van der Waals surface area contributed by atoms with Crippen molar-refractivity contribution in [2.75, 3.05) is 40.4 Å². The van der Waals surface area contributed by atoms with Gasteiger partial charge in [-0.2, -0.15) is 0 Å². The van der Waals surface area contributed by atoms with Gasteiger partial charge in [0.15, 0.2) is 0 Å². The van der Waals surface area contributed by atoms with Crippen LogP contribution in [0.4, 0.5) is 0 Å². The lowest BCUT2D eigenvalue weighted by Gasteiger charge is -2.20. The van der Waals surface area contributed by atoms with Gasteiger partial charge >= 0.3 is 0 Å². The Balaban J connectivity index is 0.00000242. The van der Waals surface area contributed by atoms with Gasteiger partial charge in [0.25, 0.3) is 0 Å². The predicted octanol–water partition coefficient (Wildman–Crippen LogP) is 1.88. The second kappa shape index (κ2) is 9.54. The molecule has 22 heavy (non-hydrogen) atoms. The minimum atomic E-state index is 0. The predicted molar refractivity (Wildman–Crippen MR) is 89.2 cm³/mol. The van der Waals surface area contributed by atoms with Gasteiger partial charge < -0.3 is 19.7 Å². The lowest BCUT2D eigenvalue weighted by atomic mass is 10.1. The molecule has 0 spiro atoms. The quantitative estimate of drug-likeness (QED) is 0.896. The highest BCUT2D eigenvalue weighted by molar-refractivity contribution is 5.85. The lowest BCUT2D eigenvalue weighted by molar-refractivity contribution is -0.130. The zero-order valence-corrected chi connectivity index (χ0v) is 14.1. The van der Waals surface area contributed by atoms with Crippen LogP contribution in [0.15, 0.2) is 18.2 Å². The van der Waals surface area contributed by atoms with Crippen LogP contribution in [0.5, 0.6) is 11.5 Å². The number of nitrogens with one attached hydrogen (secondary N) is 1. The van der Waals surface area contributed by atoms with Crippen LogP contribution in [0.3, 0.4) is 0 Å². The zero-order valence-electron chi connectivity index (χ0n) is 13.3. The highest BCUT2D eigenvalue weighted by atomic mass is 35.5. The zero-order chi connectivity index (χ0) is 15.1. The van der Waals surface area contributed by atoms with Crippen molar-refractivity contribution < 1.29 is 14.3 Å². The van der Waals surface area contributed by atoms with Gasteiger partial charge in [0, 0.05) is 26.1 Å². The molecule has 124 valence electrons. The molecule has 6 heteroatoms. The van der Waals surface area contributed by atoms with E-state index in [1.807, 2.05) is 23.1 Å². The van der Waals surface area contributed by atoms with Crippen LogP contribution in [-0.4, -0.2) is 51.2 Å². The van der Waals surface area contributed by atoms with Gasteiger partial charge in [-0.05, 0) is 43.1 Å². The summed E-state index contributed by atoms with van der Waals surface area (Å²) in [5.41, 5.74) is 1.01. The third-order valence-corrected chi connectivity index (χ3v) is 3.79. The maximum atomic E-state index is 12.3. The number of nitrogens with zero attached hydrogens (tertiary/aromatic N) is 1. The first-order chi connectivity index (χ1) is 10.2. The number of hydrogen-bond acceptors (Lipinski definition) is 4. The van der Waals surface area contributed by atoms with Gasteiger partial charge in [0.2, 0.25) is 5.91 Å². The fourth-order valence-corrected chi connectivity index (χ4v) is 2.57. The Hall–Kier alpha value is -1.46. The summed E-state index contributed by atoms with van der Waals surface area (Å²) in [5.74, 6) is 1.81. The van der Waals surface area contributed by atoms with E-state index in [1.165, 1.54) is 0 Å². The number of carbonyl (C=O) groups excluding carboxylic acids is 1. The molecule has 0 aliphatic carbocycles. The average Bonchev–Trinajstić information content (AvgIpc) is 2.81. The van der Waals surface area contributed by atoms with Crippen LogP contribution in [0.1, 0.15) is 18.4 Å². The smallest absolute Gasteiger partial charge is 0.222 e. The van der Waals surface area contributed by atoms with Crippen molar-refractivity contribution in [3.05, 3.63) is 23.8 Å². The summed E-state index contributed by atoms with van der Waals surface area (Å²) in [5, 5.41) is 3.31. The van der Waals surface area contributed by atoms with Crippen LogP contribution in [0, 0.1) is 0 Å². The molecule has 2 rings (SSSR count). The molecule has 1 amide bonds. The molecule has 1 saturated heterocycles. The number of amides is 1. The van der Waals surface area contributed by atoms with Crippen LogP contribution >= 0.6 is 12.4 Å². The van der Waals surface area contributed by atoms with Crippen molar-refractivity contribution >= 4 is 18.3 Å². The maximum Gasteiger partial charge on any atom is 0.222 e. The van der Waals surface area contributed by atoms with Crippen LogP contribution in [0.2, 0.25) is 0 Å². The average molecular weight is 329 g/mol. The highest BCUT2D eigenvalue weighted by Gasteiger charge is 2.16. The van der Waals surface area contributed by atoms with E-state index in [0.29, 0.717) is 12.8 Å². The van der Waals surface area contributed by atoms with E-state index in [2.05, 4.69) is 5.32 Å². The third-order valence-electron chi connectivity index (χ3n) is 3.79. The van der Waals surface area contributed by atoms with E-state index >= 15 is 0 Å². The summed E-state index contributed by atoms with van der Waals surface area (Å²) in [7, 11) is 3.29. The number of ether oxygens (including phenoxy) is 2. The Kier molecular flexibility index (Phi) is 8.06. The van der Waals surface area contributed by atoms with Crippen molar-refractivity contribution in [3.63, 3.8) is 0 Å². The van der Waals surface area contributed by atoms with Gasteiger partial charge in [0.05, 0.1) is 14.2 Å². The number of halogens is 1. The van der Waals surface area contributed by atoms with Crippen LogP contribution in [0.25, 0.3) is 0 Å². The summed E-state index contributed by atoms with van der Waals surface area (Å²) in [6.45, 7) is 3.52. The largest absolute Gasteiger partial charge is 0.497 e. The number of benzene rings is 1. The van der Waals surface area contributed by atoms with E-state index in [4.69, 9.17) is 9.47 Å². The minimum Gasteiger partial charge on any atom is -0.497 e. The van der Waals surface area contributed by atoms with E-state index in [9.17, 15) is 4.79 Å². The molecule has 1 aromatic carbocycles. The van der Waals surface area contributed by atoms with Gasteiger partial charge in [-0.25, -0.2) is 0 Å². The Morgan fingerprint density at radius 3 is 2.77 bits per heavy atom. The van der Waals surface area contributed by atoms with Crippen molar-refractivity contribution in [1.82, 2.24) is 10.2 Å². The van der Waals surface area contributed by atoms with Gasteiger partial charge in [0.1, 0.15) is 11.5 Å². The van der Waals surface area contributed by atoms with E-state index < -0.39 is 0 Å². The first kappa shape index (κ1) is 18.6. The standard InChI is InChI=1S/C16H24N2O3.ClH/c1-20-14-5-6-15(21-2)13(12-14)4-7-16(19)18-10-3-8-17-9-11-18;/h5-6,12,17H,3-4,7-11H2,1-2H3;1H. The summed E-state index contributed by atoms with van der Waals surface area (Å²) in [4.78, 5) is 14.3. The monoisotopic (exact) mass is 328 g/mol. The molecule has 1 N–H and O–H groups in total. The molecular weight excluding hydrogens is 304 g/mol. The van der Waals surface area contributed by atoms with Crippen molar-refractivity contribution in [2.45, 2.75) is 19.3 Å². The summed E-state index contributed by atoms with van der Waals surface area (Å²) in [6, 6.07) is 5.69. The molecular formula is C16H25ClN2O3. The summed E-state index contributed by atoms with van der Waals surface area (Å²) >= 11 is 0. The van der Waals surface area contributed by atoms with Gasteiger partial charge in [-0.15, -0.1) is 12.4 Å². The second-order valence-electron chi connectivity index (χ2n) is 5.16. The SMILES string of the molecule is COc1ccc(OC)c(CCC(=O)N2CCCNCC2)c1.Cl. The Labute approximate surface area is 138 Å². The van der Waals surface area contributed by atoms with Crippen LogP contribution < -0.4 is 14.8 Å². The number of aryl methyl sites for hydroxylation is 1. The Morgan fingerprint density at radius 1 is 1.23 bits per heavy atom. The highest BCUT2D eigenvalue weighted by Crippen LogP contribution is 2.25. The Bertz CT molecular complexity index is 474. The Morgan fingerprint density at radius 2 is 2.05 bits per heavy atom. The first-order valence-electron chi connectivity index (χ1n) is 7.44. The molecule has 1 aliphatic heterocycles. The van der Waals surface area contributed by atoms with Crippen molar-refractivity contribution in [1.29, 1.82) is 0 Å². The molecule has 5 nitrogen and oxygen atoms in total. The normalized spacial score (nSPS) is 14.7. The van der Waals surface area contributed by atoms with Gasteiger partial charge in [-0.1, -0.05) is 0 Å². The molecule has 0 atom stereocenters. The number of methoxy groups -OCH3 is 2. The van der Waals surface area contributed by atoms with E-state index in [1.54, 1.807) is 14.2 Å². The third kappa shape index (κ3) is 5.07. The minimum absolute atomic E-state index is 0. The van der Waals surface area contributed by atoms with Gasteiger partial charge in [-0.3, -0.25) is 4.79 Å². The van der Waals surface area contributed by atoms with Crippen LogP contribution in [-0.2, 0) is 11.2 Å². The van der Waals surface area contributed by atoms with E-state index in [-0.39, 0.29) is 18.3 Å². The first-order valence-corrected chi connectivity index (χ1v) is 7.44. The molecule has 0 unspecified atom stereocenters. The van der Waals surface area contributed by atoms with Crippen molar-refractivity contribution in [3.8, 4) is 11.5 Å². The molecule has 1 fully saturated rings. The molecule has 0 bridgehead atoms. The van der Waals surface area contributed by atoms with Crippen molar-refractivity contribution in [2.24, 2.45) is 0 Å². The van der Waals surface area contributed by atoms with E-state index in [0.717, 1.165) is 49.7 Å². The molecule has 1 heterocycles. The second-order valence-corrected chi connectivity index (χ2v) is 5.16. The summed E-state index contributed by atoms with van der Waals surface area (Å²) < 4.78 is 10.6. The molecule has 0 saturated carbocycles. The summed E-state index contributed by atoms with van der Waals surface area (Å²) in [6.07, 6.45) is 2.20. The number of rotatable bonds is 5. The lowest BCUT2D eigenvalue weighted by Crippen LogP contribution is -2.34. The molecule has 0 radical (unpaired) electrons. The topological polar surface area (TPSA) is 50.8 Å². The molecule has 1 aliphatic rings. The fourth-order valence-electron chi connectivity index (χ4n) is 2.57. The maximum absolute atomic E-state index is 12.3.